The molecule has 0 fully saturated rings. The molecular weight excluding hydrogens is 404 g/mol. The number of imide groups is 1. The number of aromatic nitrogens is 4. The number of carbonyl (C=O) groups is 2. The molecule has 3 aromatic rings. The Kier molecular flexibility index (Phi) is 6.45. The van der Waals surface area contributed by atoms with Gasteiger partial charge in [0.15, 0.2) is 5.16 Å². The number of urea groups is 1. The summed E-state index contributed by atoms with van der Waals surface area (Å²) in [5.41, 5.74) is 0.137. The molecule has 30 heavy (non-hydrogen) atoms. The Morgan fingerprint density at radius 2 is 1.90 bits per heavy atom. The summed E-state index contributed by atoms with van der Waals surface area (Å²) in [6, 6.07) is 6.72. The van der Waals surface area contributed by atoms with E-state index < -0.39 is 17.5 Å². The lowest BCUT2D eigenvalue weighted by atomic mass is 10.1. The number of unbranched alkanes of at least 4 members (excludes halogenated alkanes) is 1. The van der Waals surface area contributed by atoms with Gasteiger partial charge in [-0.15, -0.1) is 10.2 Å². The largest absolute Gasteiger partial charge is 0.333 e. The first-order valence-corrected chi connectivity index (χ1v) is 10.8. The molecule has 3 rings (SSSR count). The van der Waals surface area contributed by atoms with Crippen LogP contribution in [0, 0.1) is 0 Å². The number of nitrogens with zero attached hydrogens (tertiary/aromatic N) is 4. The van der Waals surface area contributed by atoms with Crippen LogP contribution in [0.4, 0.5) is 4.79 Å². The molecule has 0 radical (unpaired) electrons. The average Bonchev–Trinajstić information content (AvgIpc) is 3.09. The molecule has 0 aliphatic carbocycles. The second-order valence-corrected chi connectivity index (χ2v) is 8.93. The monoisotopic (exact) mass is 430 g/mol. The maximum Gasteiger partial charge on any atom is 0.321 e. The highest BCUT2D eigenvalue weighted by Gasteiger charge is 2.19. The van der Waals surface area contributed by atoms with Crippen molar-refractivity contribution >= 4 is 40.4 Å². The lowest BCUT2D eigenvalue weighted by Crippen LogP contribution is -2.48. The van der Waals surface area contributed by atoms with Crippen LogP contribution in [0.5, 0.6) is 0 Å². The third-order valence-corrected chi connectivity index (χ3v) is 5.22. The van der Waals surface area contributed by atoms with Gasteiger partial charge < -0.3 is 5.32 Å². The molecule has 0 spiro atoms. The highest BCUT2D eigenvalue weighted by atomic mass is 32.2. The summed E-state index contributed by atoms with van der Waals surface area (Å²) in [4.78, 5) is 37.0. The molecule has 9 nitrogen and oxygen atoms in total. The molecule has 0 saturated carbocycles. The molecule has 2 N–H and O–H groups in total. The summed E-state index contributed by atoms with van der Waals surface area (Å²) in [7, 11) is 0. The van der Waals surface area contributed by atoms with E-state index in [4.69, 9.17) is 0 Å². The van der Waals surface area contributed by atoms with Gasteiger partial charge in [-0.2, -0.15) is 0 Å². The minimum absolute atomic E-state index is 0.0131. The molecule has 2 heterocycles. The van der Waals surface area contributed by atoms with E-state index in [1.165, 1.54) is 0 Å². The first-order chi connectivity index (χ1) is 14.2. The molecule has 0 atom stereocenters. The van der Waals surface area contributed by atoms with E-state index in [0.29, 0.717) is 28.4 Å². The first-order valence-electron chi connectivity index (χ1n) is 9.82. The molecule has 0 aliphatic rings. The summed E-state index contributed by atoms with van der Waals surface area (Å²) in [6.45, 7) is 8.09. The highest BCUT2D eigenvalue weighted by molar-refractivity contribution is 7.99. The van der Waals surface area contributed by atoms with Gasteiger partial charge in [0.25, 0.3) is 5.56 Å². The number of hydrogen-bond acceptors (Lipinski definition) is 6. The van der Waals surface area contributed by atoms with E-state index >= 15 is 0 Å². The van der Waals surface area contributed by atoms with Gasteiger partial charge in [0.2, 0.25) is 11.7 Å². The zero-order chi connectivity index (χ0) is 21.9. The topological polar surface area (TPSA) is 110 Å². The molecule has 0 bridgehead atoms. The van der Waals surface area contributed by atoms with Crippen LogP contribution in [0.15, 0.2) is 34.2 Å². The van der Waals surface area contributed by atoms with Crippen LogP contribution in [-0.4, -0.2) is 42.4 Å². The fourth-order valence-corrected chi connectivity index (χ4v) is 3.75. The molecule has 0 aliphatic heterocycles. The van der Waals surface area contributed by atoms with Crippen molar-refractivity contribution in [1.82, 2.24) is 29.8 Å². The van der Waals surface area contributed by atoms with Gasteiger partial charge in [-0.1, -0.05) is 37.2 Å². The number of carbonyl (C=O) groups excluding carboxylic acids is 2. The minimum Gasteiger partial charge on any atom is -0.333 e. The second-order valence-electron chi connectivity index (χ2n) is 7.99. The second kappa shape index (κ2) is 8.86. The standard InChI is InChI=1S/C20H26N6O3S/c1-5-6-11-25-16(28)13-9-7-8-10-14(13)26-18(25)23-24-19(26)30-12-15(27)21-17(29)22-20(2,3)4/h7-10H,5-6,11-12H2,1-4H3,(H2,21,22,27,29). The number of thioether (sulfide) groups is 1. The third kappa shape index (κ3) is 4.81. The van der Waals surface area contributed by atoms with Gasteiger partial charge >= 0.3 is 6.03 Å². The molecule has 10 heteroatoms. The normalized spacial score (nSPS) is 11.7. The fraction of sp³-hybridized carbons (Fsp3) is 0.450. The molecule has 3 amide bonds. The molecular formula is C20H26N6O3S. The number of amides is 3. The van der Waals surface area contributed by atoms with Crippen LogP contribution in [0.3, 0.4) is 0 Å². The lowest BCUT2D eigenvalue weighted by Gasteiger charge is -2.20. The predicted molar refractivity (Wildman–Crippen MR) is 117 cm³/mol. The maximum atomic E-state index is 12.9. The van der Waals surface area contributed by atoms with Crippen molar-refractivity contribution in [3.8, 4) is 0 Å². The number of nitrogens with one attached hydrogen (secondary N) is 2. The van der Waals surface area contributed by atoms with Crippen LogP contribution in [0.25, 0.3) is 16.7 Å². The molecule has 2 aromatic heterocycles. The summed E-state index contributed by atoms with van der Waals surface area (Å²) in [6.07, 6.45) is 1.78. The van der Waals surface area contributed by atoms with Crippen LogP contribution >= 0.6 is 11.8 Å². The highest BCUT2D eigenvalue weighted by Crippen LogP contribution is 2.21. The number of benzene rings is 1. The van der Waals surface area contributed by atoms with E-state index in [2.05, 4.69) is 27.8 Å². The van der Waals surface area contributed by atoms with Crippen molar-refractivity contribution in [3.63, 3.8) is 0 Å². The summed E-state index contributed by atoms with van der Waals surface area (Å²) in [5.74, 6) is -0.0107. The number of hydrogen-bond donors (Lipinski definition) is 2. The third-order valence-electron chi connectivity index (χ3n) is 4.29. The average molecular weight is 431 g/mol. The zero-order valence-corrected chi connectivity index (χ0v) is 18.4. The van der Waals surface area contributed by atoms with E-state index in [0.717, 1.165) is 24.6 Å². The minimum atomic E-state index is -0.543. The van der Waals surface area contributed by atoms with Crippen molar-refractivity contribution in [2.24, 2.45) is 0 Å². The maximum absolute atomic E-state index is 12.9. The van der Waals surface area contributed by atoms with Crippen molar-refractivity contribution in [2.45, 2.75) is 57.8 Å². The van der Waals surface area contributed by atoms with Gasteiger partial charge in [0, 0.05) is 12.1 Å². The van der Waals surface area contributed by atoms with Crippen LogP contribution in [0.2, 0.25) is 0 Å². The lowest BCUT2D eigenvalue weighted by molar-refractivity contribution is -0.117. The van der Waals surface area contributed by atoms with Crippen LogP contribution in [-0.2, 0) is 11.3 Å². The number of rotatable bonds is 6. The van der Waals surface area contributed by atoms with Gasteiger partial charge in [0.05, 0.1) is 16.7 Å². The van der Waals surface area contributed by atoms with Gasteiger partial charge in [-0.3, -0.25) is 23.9 Å². The zero-order valence-electron chi connectivity index (χ0n) is 17.6. The number of fused-ring (bicyclic) bond motifs is 3. The predicted octanol–water partition coefficient (Wildman–Crippen LogP) is 2.56. The van der Waals surface area contributed by atoms with Crippen molar-refractivity contribution in [1.29, 1.82) is 0 Å². The van der Waals surface area contributed by atoms with E-state index in [9.17, 15) is 14.4 Å². The Hall–Kier alpha value is -2.88. The van der Waals surface area contributed by atoms with Crippen molar-refractivity contribution < 1.29 is 9.59 Å². The van der Waals surface area contributed by atoms with Crippen molar-refractivity contribution in [2.75, 3.05) is 5.75 Å². The summed E-state index contributed by atoms with van der Waals surface area (Å²) in [5, 5.41) is 14.5. The number of aryl methyl sites for hydroxylation is 1. The van der Waals surface area contributed by atoms with Crippen LogP contribution in [0.1, 0.15) is 40.5 Å². The summed E-state index contributed by atoms with van der Waals surface area (Å²) < 4.78 is 3.42. The Morgan fingerprint density at radius 1 is 1.17 bits per heavy atom. The molecule has 160 valence electrons. The molecule has 1 aromatic carbocycles. The Labute approximate surface area is 178 Å². The van der Waals surface area contributed by atoms with E-state index in [-0.39, 0.29) is 11.3 Å². The smallest absolute Gasteiger partial charge is 0.321 e. The van der Waals surface area contributed by atoms with E-state index in [1.54, 1.807) is 15.0 Å². The van der Waals surface area contributed by atoms with Gasteiger partial charge in [0.1, 0.15) is 0 Å². The fourth-order valence-electron chi connectivity index (χ4n) is 3.01. The molecule has 0 saturated heterocycles. The quantitative estimate of drug-likeness (QED) is 0.582. The van der Waals surface area contributed by atoms with Crippen molar-refractivity contribution in [3.05, 3.63) is 34.6 Å². The van der Waals surface area contributed by atoms with Gasteiger partial charge in [-0.25, -0.2) is 4.79 Å². The summed E-state index contributed by atoms with van der Waals surface area (Å²) >= 11 is 1.16. The Balaban J connectivity index is 1.89. The Bertz CT molecular complexity index is 1150. The first kappa shape index (κ1) is 21.8. The van der Waals surface area contributed by atoms with Crippen LogP contribution < -0.4 is 16.2 Å². The SMILES string of the molecule is CCCCn1c(=O)c2ccccc2n2c(SCC(=O)NC(=O)NC(C)(C)C)nnc12. The van der Waals surface area contributed by atoms with Gasteiger partial charge in [-0.05, 0) is 39.3 Å². The molecule has 0 unspecified atom stereocenters. The Morgan fingerprint density at radius 3 is 2.60 bits per heavy atom. The number of para-hydroxylation sites is 1. The van der Waals surface area contributed by atoms with E-state index in [1.807, 2.05) is 39.0 Å².